The summed E-state index contributed by atoms with van der Waals surface area (Å²) in [7, 11) is 1.64. The van der Waals surface area contributed by atoms with Crippen LogP contribution in [-0.4, -0.2) is 35.2 Å². The van der Waals surface area contributed by atoms with Crippen molar-refractivity contribution in [3.63, 3.8) is 0 Å². The molecule has 0 saturated heterocycles. The highest BCUT2D eigenvalue weighted by atomic mass is 32.1. The predicted octanol–water partition coefficient (Wildman–Crippen LogP) is 3.29. The lowest BCUT2D eigenvalue weighted by atomic mass is 10.1. The van der Waals surface area contributed by atoms with E-state index in [0.29, 0.717) is 24.8 Å². The van der Waals surface area contributed by atoms with Gasteiger partial charge in [-0.1, -0.05) is 18.2 Å². The molecule has 0 aliphatic rings. The number of hydrogen-bond acceptors (Lipinski definition) is 3. The van der Waals surface area contributed by atoms with E-state index in [0.717, 1.165) is 22.5 Å². The van der Waals surface area contributed by atoms with Crippen LogP contribution in [-0.2, 0) is 11.3 Å². The molecule has 1 heterocycles. The summed E-state index contributed by atoms with van der Waals surface area (Å²) in [6.07, 6.45) is 1.96. The molecule has 1 aromatic heterocycles. The van der Waals surface area contributed by atoms with E-state index in [2.05, 4.69) is 10.6 Å². The number of halogens is 1. The number of ether oxygens (including phenoxy) is 1. The van der Waals surface area contributed by atoms with E-state index in [1.165, 1.54) is 12.1 Å². The van der Waals surface area contributed by atoms with Crippen molar-refractivity contribution in [2.24, 2.45) is 0 Å². The van der Waals surface area contributed by atoms with Crippen molar-refractivity contribution in [2.75, 3.05) is 20.3 Å². The minimum absolute atomic E-state index is 0.274. The maximum atomic E-state index is 13.3. The molecule has 0 amide bonds. The fourth-order valence-corrected chi connectivity index (χ4v) is 2.78. The van der Waals surface area contributed by atoms with Crippen LogP contribution in [0.3, 0.4) is 0 Å². The number of nitrogens with one attached hydrogen (secondary N) is 2. The minimum Gasteiger partial charge on any atom is -0.383 e. The second-order valence-corrected chi connectivity index (χ2v) is 6.30. The third-order valence-corrected chi connectivity index (χ3v) is 4.25. The van der Waals surface area contributed by atoms with Crippen LogP contribution < -0.4 is 10.6 Å². The number of methoxy groups -OCH3 is 1. The topological polar surface area (TPSA) is 51.1 Å². The number of rotatable bonds is 7. The average Bonchev–Trinajstić information content (AvgIpc) is 3.12. The van der Waals surface area contributed by atoms with Crippen molar-refractivity contribution in [1.82, 2.24) is 20.4 Å². The number of para-hydroxylation sites is 1. The lowest BCUT2D eigenvalue weighted by molar-refractivity contribution is 0.204. The molecule has 0 aliphatic carbocycles. The van der Waals surface area contributed by atoms with Crippen LogP contribution in [0.4, 0.5) is 4.39 Å². The Morgan fingerprint density at radius 3 is 2.56 bits per heavy atom. The third-order valence-electron chi connectivity index (χ3n) is 3.96. The molecule has 27 heavy (non-hydrogen) atoms. The minimum atomic E-state index is -0.274. The van der Waals surface area contributed by atoms with Crippen LogP contribution in [0, 0.1) is 5.82 Å². The van der Waals surface area contributed by atoms with Crippen LogP contribution in [0.2, 0.25) is 0 Å². The summed E-state index contributed by atoms with van der Waals surface area (Å²) in [6.45, 7) is 1.71. The summed E-state index contributed by atoms with van der Waals surface area (Å²) < 4.78 is 20.1. The van der Waals surface area contributed by atoms with E-state index in [9.17, 15) is 4.39 Å². The second kappa shape index (κ2) is 9.25. The Balaban J connectivity index is 1.83. The highest BCUT2D eigenvalue weighted by Crippen LogP contribution is 2.24. The SMILES string of the molecule is COCCNC(=S)NCc1cn(-c2ccccc2)nc1-c1ccc(F)cc1. The van der Waals surface area contributed by atoms with Crippen LogP contribution in [0.5, 0.6) is 0 Å². The smallest absolute Gasteiger partial charge is 0.166 e. The van der Waals surface area contributed by atoms with E-state index < -0.39 is 0 Å². The normalized spacial score (nSPS) is 10.6. The average molecular weight is 384 g/mol. The van der Waals surface area contributed by atoms with E-state index in [1.807, 2.05) is 41.2 Å². The highest BCUT2D eigenvalue weighted by Gasteiger charge is 2.13. The molecule has 0 spiro atoms. The maximum Gasteiger partial charge on any atom is 0.166 e. The Kier molecular flexibility index (Phi) is 6.51. The Morgan fingerprint density at radius 1 is 1.11 bits per heavy atom. The first-order chi connectivity index (χ1) is 13.2. The lowest BCUT2D eigenvalue weighted by Gasteiger charge is -2.10. The fraction of sp³-hybridized carbons (Fsp3) is 0.200. The van der Waals surface area contributed by atoms with Gasteiger partial charge in [0.2, 0.25) is 0 Å². The predicted molar refractivity (Wildman–Crippen MR) is 108 cm³/mol. The molecule has 2 N–H and O–H groups in total. The molecule has 140 valence electrons. The number of aromatic nitrogens is 2. The zero-order valence-electron chi connectivity index (χ0n) is 15.0. The van der Waals surface area contributed by atoms with Crippen LogP contribution in [0.25, 0.3) is 16.9 Å². The van der Waals surface area contributed by atoms with Crippen molar-refractivity contribution in [3.05, 3.63) is 72.2 Å². The molecule has 0 atom stereocenters. The van der Waals surface area contributed by atoms with Gasteiger partial charge >= 0.3 is 0 Å². The standard InChI is InChI=1S/C20H21FN4OS/c1-26-12-11-22-20(27)23-13-16-14-25(18-5-3-2-4-6-18)24-19(16)15-7-9-17(21)10-8-15/h2-10,14H,11-13H2,1H3,(H2,22,23,27). The van der Waals surface area contributed by atoms with Gasteiger partial charge in [-0.2, -0.15) is 5.10 Å². The summed E-state index contributed by atoms with van der Waals surface area (Å²) in [5.74, 6) is -0.274. The van der Waals surface area contributed by atoms with Gasteiger partial charge in [0.05, 0.1) is 18.0 Å². The van der Waals surface area contributed by atoms with Gasteiger partial charge in [-0.3, -0.25) is 0 Å². The molecule has 0 saturated carbocycles. The number of benzene rings is 2. The molecular weight excluding hydrogens is 363 g/mol. The van der Waals surface area contributed by atoms with Crippen molar-refractivity contribution in [1.29, 1.82) is 0 Å². The second-order valence-electron chi connectivity index (χ2n) is 5.89. The summed E-state index contributed by atoms with van der Waals surface area (Å²) in [5, 5.41) is 11.5. The first-order valence-electron chi connectivity index (χ1n) is 8.58. The summed E-state index contributed by atoms with van der Waals surface area (Å²) in [5.41, 5.74) is 3.54. The van der Waals surface area contributed by atoms with Gasteiger partial charge in [0.25, 0.3) is 0 Å². The van der Waals surface area contributed by atoms with Crippen LogP contribution in [0.15, 0.2) is 60.8 Å². The molecule has 0 radical (unpaired) electrons. The molecule has 0 aliphatic heterocycles. The van der Waals surface area contributed by atoms with Gasteiger partial charge in [-0.25, -0.2) is 9.07 Å². The van der Waals surface area contributed by atoms with Gasteiger partial charge in [0.15, 0.2) is 5.11 Å². The van der Waals surface area contributed by atoms with Crippen molar-refractivity contribution in [2.45, 2.75) is 6.54 Å². The van der Waals surface area contributed by atoms with Crippen LogP contribution >= 0.6 is 12.2 Å². The van der Waals surface area contributed by atoms with Gasteiger partial charge in [-0.15, -0.1) is 0 Å². The lowest BCUT2D eigenvalue weighted by Crippen LogP contribution is -2.36. The number of thiocarbonyl (C=S) groups is 1. The van der Waals surface area contributed by atoms with Crippen molar-refractivity contribution >= 4 is 17.3 Å². The zero-order valence-corrected chi connectivity index (χ0v) is 15.8. The molecule has 0 fully saturated rings. The van der Waals surface area contributed by atoms with E-state index in [4.69, 9.17) is 22.1 Å². The number of nitrogens with zero attached hydrogens (tertiary/aromatic N) is 2. The van der Waals surface area contributed by atoms with E-state index in [-0.39, 0.29) is 5.82 Å². The fourth-order valence-electron chi connectivity index (χ4n) is 2.61. The van der Waals surface area contributed by atoms with Crippen LogP contribution in [0.1, 0.15) is 5.56 Å². The maximum absolute atomic E-state index is 13.3. The van der Waals surface area contributed by atoms with Crippen molar-refractivity contribution in [3.8, 4) is 16.9 Å². The summed E-state index contributed by atoms with van der Waals surface area (Å²) in [6, 6.07) is 16.2. The first kappa shape index (κ1) is 19.0. The summed E-state index contributed by atoms with van der Waals surface area (Å²) >= 11 is 5.29. The molecule has 0 unspecified atom stereocenters. The van der Waals surface area contributed by atoms with E-state index >= 15 is 0 Å². The van der Waals surface area contributed by atoms with E-state index in [1.54, 1.807) is 19.2 Å². The largest absolute Gasteiger partial charge is 0.383 e. The van der Waals surface area contributed by atoms with Gasteiger partial charge in [0, 0.05) is 37.5 Å². The first-order valence-corrected chi connectivity index (χ1v) is 8.99. The van der Waals surface area contributed by atoms with Gasteiger partial charge in [0.1, 0.15) is 5.82 Å². The molecule has 3 aromatic rings. The molecule has 2 aromatic carbocycles. The number of hydrogen-bond donors (Lipinski definition) is 2. The molecule has 3 rings (SSSR count). The monoisotopic (exact) mass is 384 g/mol. The Hall–Kier alpha value is -2.77. The molecular formula is C20H21FN4OS. The Bertz CT molecular complexity index is 881. The van der Waals surface area contributed by atoms with Crippen molar-refractivity contribution < 1.29 is 9.13 Å². The Morgan fingerprint density at radius 2 is 1.85 bits per heavy atom. The molecule has 5 nitrogen and oxygen atoms in total. The third kappa shape index (κ3) is 5.12. The van der Waals surface area contributed by atoms with Gasteiger partial charge < -0.3 is 15.4 Å². The van der Waals surface area contributed by atoms with Gasteiger partial charge in [-0.05, 0) is 48.6 Å². The Labute approximate surface area is 163 Å². The molecule has 7 heteroatoms. The quantitative estimate of drug-likeness (QED) is 0.484. The highest BCUT2D eigenvalue weighted by molar-refractivity contribution is 7.80. The summed E-state index contributed by atoms with van der Waals surface area (Å²) in [4.78, 5) is 0. The zero-order chi connectivity index (χ0) is 19.1. The molecule has 0 bridgehead atoms.